The van der Waals surface area contributed by atoms with Gasteiger partial charge in [-0.25, -0.2) is 0 Å². The molecule has 0 heterocycles. The van der Waals surface area contributed by atoms with Gasteiger partial charge in [0.2, 0.25) is 5.78 Å². The Morgan fingerprint density at radius 3 is 1.62 bits per heavy atom. The first-order chi connectivity index (χ1) is 11.6. The summed E-state index contributed by atoms with van der Waals surface area (Å²) in [4.78, 5) is 13.1. The zero-order valence-electron chi connectivity index (χ0n) is 12.9. The van der Waals surface area contributed by atoms with Crippen LogP contribution in [-0.4, -0.2) is 16.0 Å². The van der Waals surface area contributed by atoms with E-state index in [-0.39, 0.29) is 0 Å². The molecule has 0 radical (unpaired) electrons. The SMILES string of the molecule is O=C1c2ccccc2C(O)(c2ccccc2)C1(O)c1ccccc1. The minimum atomic E-state index is -2.07. The molecule has 0 saturated heterocycles. The van der Waals surface area contributed by atoms with Crippen LogP contribution in [0.5, 0.6) is 0 Å². The summed E-state index contributed by atoms with van der Waals surface area (Å²) >= 11 is 0. The number of hydrogen-bond acceptors (Lipinski definition) is 3. The van der Waals surface area contributed by atoms with E-state index >= 15 is 0 Å². The Morgan fingerprint density at radius 1 is 0.583 bits per heavy atom. The van der Waals surface area contributed by atoms with Crippen molar-refractivity contribution in [2.24, 2.45) is 0 Å². The number of hydrogen-bond donors (Lipinski definition) is 2. The Kier molecular flexibility index (Phi) is 3.17. The van der Waals surface area contributed by atoms with Gasteiger partial charge in [-0.2, -0.15) is 0 Å². The quantitative estimate of drug-likeness (QED) is 0.764. The highest BCUT2D eigenvalue weighted by Gasteiger charge is 2.63. The van der Waals surface area contributed by atoms with E-state index in [0.29, 0.717) is 22.3 Å². The molecule has 0 saturated carbocycles. The van der Waals surface area contributed by atoms with Gasteiger partial charge in [0.15, 0.2) is 11.2 Å². The molecule has 1 aliphatic rings. The third-order valence-electron chi connectivity index (χ3n) is 4.80. The second-order valence-corrected chi connectivity index (χ2v) is 6.03. The van der Waals surface area contributed by atoms with Crippen LogP contribution < -0.4 is 0 Å². The molecule has 2 N–H and O–H groups in total. The Bertz CT molecular complexity index is 905. The van der Waals surface area contributed by atoms with Crippen LogP contribution in [0.1, 0.15) is 27.0 Å². The summed E-state index contributed by atoms with van der Waals surface area (Å²) in [7, 11) is 0. The monoisotopic (exact) mass is 316 g/mol. The first-order valence-corrected chi connectivity index (χ1v) is 7.80. The molecular formula is C21H16O3. The van der Waals surface area contributed by atoms with E-state index in [1.807, 2.05) is 6.07 Å². The summed E-state index contributed by atoms with van der Waals surface area (Å²) in [5.74, 6) is -0.490. The average molecular weight is 316 g/mol. The Hall–Kier alpha value is -2.75. The molecule has 3 aromatic rings. The van der Waals surface area contributed by atoms with Crippen LogP contribution in [0, 0.1) is 0 Å². The number of ketones is 1. The van der Waals surface area contributed by atoms with Gasteiger partial charge >= 0.3 is 0 Å². The molecule has 2 unspecified atom stereocenters. The molecule has 3 heteroatoms. The molecule has 0 aliphatic heterocycles. The summed E-state index contributed by atoms with van der Waals surface area (Å²) in [6.45, 7) is 0. The maximum atomic E-state index is 13.1. The van der Waals surface area contributed by atoms with E-state index in [1.54, 1.807) is 78.9 Å². The van der Waals surface area contributed by atoms with Gasteiger partial charge in [-0.05, 0) is 11.1 Å². The predicted octanol–water partition coefficient (Wildman–Crippen LogP) is 3.01. The maximum Gasteiger partial charge on any atom is 0.203 e. The molecular weight excluding hydrogens is 300 g/mol. The number of carbonyl (C=O) groups is 1. The van der Waals surface area contributed by atoms with Gasteiger partial charge in [0.05, 0.1) is 0 Å². The lowest BCUT2D eigenvalue weighted by molar-refractivity contribution is -0.102. The second kappa shape index (κ2) is 5.13. The van der Waals surface area contributed by atoms with Gasteiger partial charge in [-0.3, -0.25) is 4.79 Å². The van der Waals surface area contributed by atoms with E-state index in [4.69, 9.17) is 0 Å². The third-order valence-corrected chi connectivity index (χ3v) is 4.80. The lowest BCUT2D eigenvalue weighted by Gasteiger charge is -2.38. The van der Waals surface area contributed by atoms with Crippen LogP contribution >= 0.6 is 0 Å². The smallest absolute Gasteiger partial charge is 0.203 e. The molecule has 3 aromatic carbocycles. The molecule has 3 nitrogen and oxygen atoms in total. The molecule has 1 aliphatic carbocycles. The van der Waals surface area contributed by atoms with E-state index in [0.717, 1.165) is 0 Å². The van der Waals surface area contributed by atoms with Crippen molar-refractivity contribution in [3.05, 3.63) is 107 Å². The summed E-state index contributed by atoms with van der Waals surface area (Å²) in [5, 5.41) is 23.2. The van der Waals surface area contributed by atoms with E-state index in [2.05, 4.69) is 0 Å². The van der Waals surface area contributed by atoms with Crippen molar-refractivity contribution in [3.63, 3.8) is 0 Å². The second-order valence-electron chi connectivity index (χ2n) is 6.03. The number of rotatable bonds is 2. The van der Waals surface area contributed by atoms with Crippen LogP contribution in [0.15, 0.2) is 84.9 Å². The largest absolute Gasteiger partial charge is 0.376 e. The van der Waals surface area contributed by atoms with Crippen LogP contribution in [0.2, 0.25) is 0 Å². The molecule has 4 rings (SSSR count). The van der Waals surface area contributed by atoms with E-state index in [1.165, 1.54) is 0 Å². The minimum absolute atomic E-state index is 0.343. The number of carbonyl (C=O) groups excluding carboxylic acids is 1. The molecule has 24 heavy (non-hydrogen) atoms. The summed E-state index contributed by atoms with van der Waals surface area (Å²) in [6.07, 6.45) is 0. The summed E-state index contributed by atoms with van der Waals surface area (Å²) in [5.41, 5.74) is -2.29. The standard InChI is InChI=1S/C21H16O3/c22-19-17-13-7-8-14-18(17)20(23,15-9-3-1-4-10-15)21(19,24)16-11-5-2-6-12-16/h1-14,23-24H. The Morgan fingerprint density at radius 2 is 1.04 bits per heavy atom. The molecule has 2 atom stereocenters. The highest BCUT2D eigenvalue weighted by Crippen LogP contribution is 2.53. The molecule has 0 spiro atoms. The van der Waals surface area contributed by atoms with Gasteiger partial charge in [0, 0.05) is 11.1 Å². The minimum Gasteiger partial charge on any atom is -0.376 e. The van der Waals surface area contributed by atoms with Crippen molar-refractivity contribution in [2.45, 2.75) is 11.2 Å². The van der Waals surface area contributed by atoms with Gasteiger partial charge < -0.3 is 10.2 Å². The highest BCUT2D eigenvalue weighted by molar-refractivity contribution is 6.09. The first-order valence-electron chi connectivity index (χ1n) is 7.80. The van der Waals surface area contributed by atoms with E-state index in [9.17, 15) is 15.0 Å². The van der Waals surface area contributed by atoms with Gasteiger partial charge in [-0.1, -0.05) is 84.9 Å². The highest BCUT2D eigenvalue weighted by atomic mass is 16.4. The zero-order valence-corrected chi connectivity index (χ0v) is 12.9. The van der Waals surface area contributed by atoms with Crippen molar-refractivity contribution >= 4 is 5.78 Å². The number of Topliss-reactive ketones (excluding diaryl/α,β-unsaturated/α-hetero) is 1. The van der Waals surface area contributed by atoms with Crippen molar-refractivity contribution in [2.75, 3.05) is 0 Å². The first kappa shape index (κ1) is 14.8. The zero-order chi connectivity index (χ0) is 16.8. The van der Waals surface area contributed by atoms with Crippen molar-refractivity contribution < 1.29 is 15.0 Å². The average Bonchev–Trinajstić information content (AvgIpc) is 2.84. The summed E-state index contributed by atoms with van der Waals surface area (Å²) in [6, 6.07) is 24.3. The van der Waals surface area contributed by atoms with Crippen molar-refractivity contribution in [1.29, 1.82) is 0 Å². The molecule has 0 bridgehead atoms. The van der Waals surface area contributed by atoms with Gasteiger partial charge in [0.25, 0.3) is 0 Å². The normalized spacial score (nSPS) is 25.5. The molecule has 0 aromatic heterocycles. The summed E-state index contributed by atoms with van der Waals surface area (Å²) < 4.78 is 0. The van der Waals surface area contributed by atoms with Gasteiger partial charge in [-0.15, -0.1) is 0 Å². The number of benzene rings is 3. The maximum absolute atomic E-state index is 13.1. The third kappa shape index (κ3) is 1.71. The number of fused-ring (bicyclic) bond motifs is 1. The lowest BCUT2D eigenvalue weighted by Crippen LogP contribution is -2.50. The van der Waals surface area contributed by atoms with Crippen LogP contribution in [0.3, 0.4) is 0 Å². The lowest BCUT2D eigenvalue weighted by atomic mass is 9.73. The molecule has 0 amide bonds. The van der Waals surface area contributed by atoms with Crippen molar-refractivity contribution in [3.8, 4) is 0 Å². The predicted molar refractivity (Wildman–Crippen MR) is 90.6 cm³/mol. The Balaban J connectivity index is 2.08. The molecule has 0 fully saturated rings. The van der Waals surface area contributed by atoms with Crippen LogP contribution in [0.25, 0.3) is 0 Å². The van der Waals surface area contributed by atoms with Crippen LogP contribution in [-0.2, 0) is 11.2 Å². The van der Waals surface area contributed by atoms with Gasteiger partial charge in [0.1, 0.15) is 0 Å². The van der Waals surface area contributed by atoms with Crippen molar-refractivity contribution in [1.82, 2.24) is 0 Å². The van der Waals surface area contributed by atoms with Crippen LogP contribution in [0.4, 0.5) is 0 Å². The number of aliphatic hydroxyl groups is 2. The van der Waals surface area contributed by atoms with E-state index < -0.39 is 17.0 Å². The fourth-order valence-electron chi connectivity index (χ4n) is 3.61. The fourth-order valence-corrected chi connectivity index (χ4v) is 3.61. The molecule has 118 valence electrons. The fraction of sp³-hybridized carbons (Fsp3) is 0.0952. The Labute approximate surface area is 139 Å². The topological polar surface area (TPSA) is 57.5 Å².